The monoisotopic (exact) mass is 385 g/mol. The van der Waals surface area contributed by atoms with E-state index >= 15 is 0 Å². The molecule has 0 bridgehead atoms. The number of hydrogen-bond acceptors (Lipinski definition) is 6. The van der Waals surface area contributed by atoms with Gasteiger partial charge in [-0.2, -0.15) is 0 Å². The first-order valence-corrected chi connectivity index (χ1v) is 8.99. The minimum Gasteiger partial charge on any atom is -0.496 e. The lowest BCUT2D eigenvalue weighted by Gasteiger charge is -2.29. The molecular weight excluding hydrogens is 362 g/mol. The molecule has 0 saturated carbocycles. The van der Waals surface area contributed by atoms with Crippen molar-refractivity contribution in [3.8, 4) is 5.75 Å². The predicted octanol–water partition coefficient (Wildman–Crippen LogP) is 2.71. The fraction of sp³-hybridized carbons (Fsp3) is 0.350. The Morgan fingerprint density at radius 3 is 2.50 bits per heavy atom. The fourth-order valence-corrected chi connectivity index (χ4v) is 3.16. The molecule has 148 valence electrons. The lowest BCUT2D eigenvalue weighted by Crippen LogP contribution is -2.36. The van der Waals surface area contributed by atoms with E-state index in [0.29, 0.717) is 12.3 Å². The van der Waals surface area contributed by atoms with Crippen LogP contribution in [0.25, 0.3) is 0 Å². The van der Waals surface area contributed by atoms with Crippen molar-refractivity contribution >= 4 is 17.3 Å². The first-order valence-electron chi connectivity index (χ1n) is 8.99. The largest absolute Gasteiger partial charge is 0.496 e. The van der Waals surface area contributed by atoms with Gasteiger partial charge in [0.2, 0.25) is 0 Å². The van der Waals surface area contributed by atoms with Gasteiger partial charge in [0.1, 0.15) is 5.75 Å². The normalized spacial score (nSPS) is 13.9. The number of anilines is 1. The summed E-state index contributed by atoms with van der Waals surface area (Å²) in [5.74, 6) is -0.0251. The molecule has 0 spiro atoms. The van der Waals surface area contributed by atoms with E-state index in [1.165, 1.54) is 30.2 Å². The number of methoxy groups -OCH3 is 1. The van der Waals surface area contributed by atoms with Crippen molar-refractivity contribution in [3.05, 3.63) is 63.7 Å². The highest BCUT2D eigenvalue weighted by atomic mass is 16.6. The molecule has 0 aliphatic carbocycles. The smallest absolute Gasteiger partial charge is 0.270 e. The number of benzene rings is 2. The summed E-state index contributed by atoms with van der Waals surface area (Å²) in [5.41, 5.74) is 2.12. The first kappa shape index (κ1) is 19.6. The maximum Gasteiger partial charge on any atom is 0.270 e. The molecular formula is C20H23N3O5. The molecule has 1 aliphatic rings. The van der Waals surface area contributed by atoms with Crippen molar-refractivity contribution in [2.24, 2.45) is 0 Å². The van der Waals surface area contributed by atoms with Crippen molar-refractivity contribution in [2.75, 3.05) is 45.4 Å². The Morgan fingerprint density at radius 2 is 1.89 bits per heavy atom. The van der Waals surface area contributed by atoms with Gasteiger partial charge in [0.25, 0.3) is 11.6 Å². The molecule has 1 fully saturated rings. The number of rotatable bonds is 6. The minimum atomic E-state index is -0.527. The zero-order valence-electron chi connectivity index (χ0n) is 16.0. The molecule has 8 heteroatoms. The molecule has 1 heterocycles. The molecule has 0 aromatic heterocycles. The second kappa shape index (κ2) is 8.71. The molecule has 0 unspecified atom stereocenters. The lowest BCUT2D eigenvalue weighted by molar-refractivity contribution is -0.384. The Labute approximate surface area is 163 Å². The van der Waals surface area contributed by atoms with Crippen LogP contribution >= 0.6 is 0 Å². The molecule has 1 amide bonds. The van der Waals surface area contributed by atoms with Gasteiger partial charge in [-0.3, -0.25) is 14.9 Å². The lowest BCUT2D eigenvalue weighted by atomic mass is 10.1. The van der Waals surface area contributed by atoms with Crippen molar-refractivity contribution in [1.29, 1.82) is 0 Å². The fourth-order valence-electron chi connectivity index (χ4n) is 3.16. The SMILES string of the molecule is COc1ccc([N+](=O)[O-])cc1C(=O)N(C)Cc1ccc(N2CCOCC2)cc1. The third-order valence-electron chi connectivity index (χ3n) is 4.70. The number of hydrogen-bond donors (Lipinski definition) is 0. The Bertz CT molecular complexity index is 847. The second-order valence-corrected chi connectivity index (χ2v) is 6.57. The van der Waals surface area contributed by atoms with Crippen molar-refractivity contribution < 1.29 is 19.2 Å². The van der Waals surface area contributed by atoms with Crippen molar-refractivity contribution in [3.63, 3.8) is 0 Å². The summed E-state index contributed by atoms with van der Waals surface area (Å²) in [6.07, 6.45) is 0. The number of carbonyl (C=O) groups is 1. The summed E-state index contributed by atoms with van der Waals surface area (Å²) in [6, 6.07) is 12.0. The summed E-state index contributed by atoms with van der Waals surface area (Å²) in [6.45, 7) is 3.57. The number of carbonyl (C=O) groups excluding carboxylic acids is 1. The van der Waals surface area contributed by atoms with Crippen LogP contribution in [0.1, 0.15) is 15.9 Å². The predicted molar refractivity (Wildman–Crippen MR) is 105 cm³/mol. The molecule has 0 atom stereocenters. The standard InChI is InChI=1S/C20H23N3O5/c1-21(20(24)18-13-17(23(25)26)7-8-19(18)27-2)14-15-3-5-16(6-4-15)22-9-11-28-12-10-22/h3-8,13H,9-12,14H2,1-2H3. The number of nitro groups is 1. The molecule has 2 aromatic carbocycles. The number of nitrogens with zero attached hydrogens (tertiary/aromatic N) is 3. The quantitative estimate of drug-likeness (QED) is 0.561. The average molecular weight is 385 g/mol. The maximum absolute atomic E-state index is 12.8. The van der Waals surface area contributed by atoms with Crippen LogP contribution < -0.4 is 9.64 Å². The number of morpholine rings is 1. The van der Waals surface area contributed by atoms with Gasteiger partial charge in [0.15, 0.2) is 0 Å². The van der Waals surface area contributed by atoms with E-state index in [-0.39, 0.29) is 17.2 Å². The highest BCUT2D eigenvalue weighted by molar-refractivity contribution is 5.97. The summed E-state index contributed by atoms with van der Waals surface area (Å²) in [4.78, 5) is 27.1. The summed E-state index contributed by atoms with van der Waals surface area (Å²) < 4.78 is 10.6. The van der Waals surface area contributed by atoms with Gasteiger partial charge in [-0.25, -0.2) is 0 Å². The number of ether oxygens (including phenoxy) is 2. The van der Waals surface area contributed by atoms with E-state index in [9.17, 15) is 14.9 Å². The van der Waals surface area contributed by atoms with E-state index < -0.39 is 4.92 Å². The summed E-state index contributed by atoms with van der Waals surface area (Å²) in [5, 5.41) is 11.0. The maximum atomic E-state index is 12.8. The van der Waals surface area contributed by atoms with E-state index in [0.717, 1.165) is 37.6 Å². The molecule has 0 N–H and O–H groups in total. The molecule has 3 rings (SSSR count). The minimum absolute atomic E-state index is 0.146. The topological polar surface area (TPSA) is 85.1 Å². The molecule has 28 heavy (non-hydrogen) atoms. The van der Waals surface area contributed by atoms with E-state index in [4.69, 9.17) is 9.47 Å². The first-order chi connectivity index (χ1) is 13.5. The van der Waals surface area contributed by atoms with Crippen LogP contribution in [0.2, 0.25) is 0 Å². The number of amides is 1. The van der Waals surface area contributed by atoms with E-state index in [1.54, 1.807) is 7.05 Å². The van der Waals surface area contributed by atoms with E-state index in [1.807, 2.05) is 24.3 Å². The Hall–Kier alpha value is -3.13. The van der Waals surface area contributed by atoms with Crippen molar-refractivity contribution in [1.82, 2.24) is 4.90 Å². The van der Waals surface area contributed by atoms with Crippen LogP contribution in [0.3, 0.4) is 0 Å². The van der Waals surface area contributed by atoms with Gasteiger partial charge in [0, 0.05) is 44.5 Å². The average Bonchev–Trinajstić information content (AvgIpc) is 2.73. The molecule has 2 aromatic rings. The van der Waals surface area contributed by atoms with Crippen LogP contribution in [0.15, 0.2) is 42.5 Å². The molecule has 1 saturated heterocycles. The van der Waals surface area contributed by atoms with Crippen LogP contribution in [-0.4, -0.2) is 56.2 Å². The van der Waals surface area contributed by atoms with Gasteiger partial charge >= 0.3 is 0 Å². The highest BCUT2D eigenvalue weighted by Gasteiger charge is 2.21. The third-order valence-corrected chi connectivity index (χ3v) is 4.70. The van der Waals surface area contributed by atoms with Gasteiger partial charge in [-0.05, 0) is 23.8 Å². The summed E-state index contributed by atoms with van der Waals surface area (Å²) >= 11 is 0. The molecule has 8 nitrogen and oxygen atoms in total. The second-order valence-electron chi connectivity index (χ2n) is 6.57. The Kier molecular flexibility index (Phi) is 6.10. The van der Waals surface area contributed by atoms with Gasteiger partial charge in [-0.15, -0.1) is 0 Å². The zero-order chi connectivity index (χ0) is 20.1. The Balaban J connectivity index is 1.72. The van der Waals surface area contributed by atoms with Gasteiger partial charge in [-0.1, -0.05) is 12.1 Å². The molecule has 0 radical (unpaired) electrons. The zero-order valence-corrected chi connectivity index (χ0v) is 16.0. The van der Waals surface area contributed by atoms with Crippen molar-refractivity contribution in [2.45, 2.75) is 6.54 Å². The van der Waals surface area contributed by atoms with Crippen LogP contribution in [0, 0.1) is 10.1 Å². The van der Waals surface area contributed by atoms with E-state index in [2.05, 4.69) is 4.90 Å². The van der Waals surface area contributed by atoms with Crippen LogP contribution in [0.4, 0.5) is 11.4 Å². The Morgan fingerprint density at radius 1 is 1.21 bits per heavy atom. The molecule has 1 aliphatic heterocycles. The van der Waals surface area contributed by atoms with Crippen LogP contribution in [0.5, 0.6) is 5.75 Å². The number of non-ortho nitro benzene ring substituents is 1. The number of nitro benzene ring substituents is 1. The van der Waals surface area contributed by atoms with Gasteiger partial charge < -0.3 is 19.3 Å². The highest BCUT2D eigenvalue weighted by Crippen LogP contribution is 2.26. The van der Waals surface area contributed by atoms with Gasteiger partial charge in [0.05, 0.1) is 30.8 Å². The third kappa shape index (κ3) is 4.40. The summed E-state index contributed by atoms with van der Waals surface area (Å²) in [7, 11) is 3.10. The van der Waals surface area contributed by atoms with Crippen LogP contribution in [-0.2, 0) is 11.3 Å².